The molecular formula is C18H21NO4. The summed E-state index contributed by atoms with van der Waals surface area (Å²) in [5, 5.41) is 9.55. The number of aldehydes is 2. The van der Waals surface area contributed by atoms with Crippen molar-refractivity contribution >= 4 is 12.6 Å². The van der Waals surface area contributed by atoms with Gasteiger partial charge in [-0.05, 0) is 43.4 Å². The SMILES string of the molecule is COc1ccc(C(C#N)(CC=O)CC=O)cc1OC1CCCC1. The summed E-state index contributed by atoms with van der Waals surface area (Å²) in [6.07, 6.45) is 5.72. The van der Waals surface area contributed by atoms with Gasteiger partial charge in [0.25, 0.3) is 0 Å². The van der Waals surface area contributed by atoms with E-state index >= 15 is 0 Å². The first-order valence-electron chi connectivity index (χ1n) is 7.83. The van der Waals surface area contributed by atoms with Crippen LogP contribution in [0.1, 0.15) is 44.1 Å². The highest BCUT2D eigenvalue weighted by Crippen LogP contribution is 2.38. The highest BCUT2D eigenvalue weighted by atomic mass is 16.5. The lowest BCUT2D eigenvalue weighted by Gasteiger charge is -2.24. The van der Waals surface area contributed by atoms with Crippen LogP contribution in [-0.4, -0.2) is 25.8 Å². The van der Waals surface area contributed by atoms with Gasteiger partial charge in [-0.3, -0.25) is 0 Å². The Morgan fingerprint density at radius 2 is 1.87 bits per heavy atom. The van der Waals surface area contributed by atoms with Gasteiger partial charge in [-0.25, -0.2) is 0 Å². The molecule has 0 aliphatic heterocycles. The van der Waals surface area contributed by atoms with Crippen molar-refractivity contribution in [1.82, 2.24) is 0 Å². The number of hydrogen-bond donors (Lipinski definition) is 0. The van der Waals surface area contributed by atoms with Crippen molar-refractivity contribution in [3.05, 3.63) is 23.8 Å². The molecule has 0 bridgehead atoms. The van der Waals surface area contributed by atoms with Crippen molar-refractivity contribution in [1.29, 1.82) is 5.26 Å². The highest BCUT2D eigenvalue weighted by Gasteiger charge is 2.33. The first-order chi connectivity index (χ1) is 11.2. The van der Waals surface area contributed by atoms with E-state index in [0.717, 1.165) is 25.7 Å². The van der Waals surface area contributed by atoms with E-state index in [2.05, 4.69) is 6.07 Å². The van der Waals surface area contributed by atoms with E-state index in [0.29, 0.717) is 29.6 Å². The Hall–Kier alpha value is -2.35. The number of rotatable bonds is 8. The summed E-state index contributed by atoms with van der Waals surface area (Å²) in [4.78, 5) is 22.0. The van der Waals surface area contributed by atoms with Crippen molar-refractivity contribution in [2.24, 2.45) is 0 Å². The van der Waals surface area contributed by atoms with Crippen LogP contribution in [0.4, 0.5) is 0 Å². The van der Waals surface area contributed by atoms with E-state index < -0.39 is 5.41 Å². The molecule has 5 nitrogen and oxygen atoms in total. The molecule has 1 aromatic carbocycles. The average molecular weight is 315 g/mol. The van der Waals surface area contributed by atoms with Crippen LogP contribution in [0.25, 0.3) is 0 Å². The molecular weight excluding hydrogens is 294 g/mol. The second kappa shape index (κ2) is 7.77. The molecule has 1 aliphatic carbocycles. The Morgan fingerprint density at radius 3 is 2.39 bits per heavy atom. The zero-order valence-corrected chi connectivity index (χ0v) is 13.3. The summed E-state index contributed by atoms with van der Waals surface area (Å²) in [6.45, 7) is 0. The molecule has 23 heavy (non-hydrogen) atoms. The fourth-order valence-corrected chi connectivity index (χ4v) is 3.01. The van der Waals surface area contributed by atoms with Gasteiger partial charge in [-0.15, -0.1) is 0 Å². The molecule has 0 heterocycles. The Kier molecular flexibility index (Phi) is 5.75. The van der Waals surface area contributed by atoms with Crippen LogP contribution in [0.5, 0.6) is 11.5 Å². The molecule has 0 unspecified atom stereocenters. The molecule has 1 aliphatic rings. The van der Waals surface area contributed by atoms with Crippen LogP contribution in [0.2, 0.25) is 0 Å². The van der Waals surface area contributed by atoms with Gasteiger partial charge >= 0.3 is 0 Å². The van der Waals surface area contributed by atoms with Crippen molar-refractivity contribution < 1.29 is 19.1 Å². The molecule has 0 saturated heterocycles. The summed E-state index contributed by atoms with van der Waals surface area (Å²) in [5.41, 5.74) is -0.545. The number of nitriles is 1. The normalized spacial score (nSPS) is 15.0. The third kappa shape index (κ3) is 3.70. The lowest BCUT2D eigenvalue weighted by molar-refractivity contribution is -0.110. The zero-order chi connectivity index (χ0) is 16.7. The largest absolute Gasteiger partial charge is 0.493 e. The number of methoxy groups -OCH3 is 1. The summed E-state index contributed by atoms with van der Waals surface area (Å²) in [6, 6.07) is 7.31. The number of hydrogen-bond acceptors (Lipinski definition) is 5. The Morgan fingerprint density at radius 1 is 1.22 bits per heavy atom. The van der Waals surface area contributed by atoms with Crippen LogP contribution >= 0.6 is 0 Å². The topological polar surface area (TPSA) is 76.4 Å². The maximum absolute atomic E-state index is 11.0. The number of nitrogens with zero attached hydrogens (tertiary/aromatic N) is 1. The molecule has 0 N–H and O–H groups in total. The van der Waals surface area contributed by atoms with Crippen LogP contribution in [-0.2, 0) is 15.0 Å². The molecule has 0 atom stereocenters. The number of benzene rings is 1. The van der Waals surface area contributed by atoms with Crippen LogP contribution in [0, 0.1) is 11.3 Å². The second-order valence-electron chi connectivity index (χ2n) is 5.83. The van der Waals surface area contributed by atoms with Gasteiger partial charge in [0.15, 0.2) is 11.5 Å². The maximum atomic E-state index is 11.0. The molecule has 0 aromatic heterocycles. The van der Waals surface area contributed by atoms with E-state index in [1.807, 2.05) is 0 Å². The molecule has 122 valence electrons. The van der Waals surface area contributed by atoms with Gasteiger partial charge < -0.3 is 19.1 Å². The van der Waals surface area contributed by atoms with E-state index in [1.165, 1.54) is 0 Å². The fraction of sp³-hybridized carbons (Fsp3) is 0.500. The third-order valence-electron chi connectivity index (χ3n) is 4.39. The molecule has 0 amide bonds. The average Bonchev–Trinajstić information content (AvgIpc) is 3.07. The summed E-state index contributed by atoms with van der Waals surface area (Å²) >= 11 is 0. The van der Waals surface area contributed by atoms with E-state index in [9.17, 15) is 14.9 Å². The smallest absolute Gasteiger partial charge is 0.161 e. The van der Waals surface area contributed by atoms with Gasteiger partial charge in [0, 0.05) is 12.8 Å². The highest BCUT2D eigenvalue weighted by molar-refractivity contribution is 5.63. The molecule has 0 spiro atoms. The van der Waals surface area contributed by atoms with E-state index in [4.69, 9.17) is 9.47 Å². The Bertz CT molecular complexity index is 590. The van der Waals surface area contributed by atoms with E-state index in [-0.39, 0.29) is 18.9 Å². The maximum Gasteiger partial charge on any atom is 0.161 e. The first-order valence-corrected chi connectivity index (χ1v) is 7.83. The van der Waals surface area contributed by atoms with Crippen molar-refractivity contribution in [3.8, 4) is 17.6 Å². The molecule has 1 saturated carbocycles. The Balaban J connectivity index is 2.39. The van der Waals surface area contributed by atoms with Gasteiger partial charge in [0.05, 0.1) is 24.7 Å². The fourth-order valence-electron chi connectivity index (χ4n) is 3.01. The molecule has 0 radical (unpaired) electrons. The molecule has 2 rings (SSSR count). The van der Waals surface area contributed by atoms with Gasteiger partial charge in [0.1, 0.15) is 12.6 Å². The van der Waals surface area contributed by atoms with Crippen LogP contribution < -0.4 is 9.47 Å². The number of carbonyl (C=O) groups is 2. The minimum Gasteiger partial charge on any atom is -0.493 e. The number of ether oxygens (including phenoxy) is 2. The summed E-state index contributed by atoms with van der Waals surface area (Å²) in [7, 11) is 1.56. The third-order valence-corrected chi connectivity index (χ3v) is 4.39. The lowest BCUT2D eigenvalue weighted by atomic mass is 9.77. The Labute approximate surface area is 136 Å². The van der Waals surface area contributed by atoms with Gasteiger partial charge in [-0.2, -0.15) is 5.26 Å². The minimum absolute atomic E-state index is 0.0303. The molecule has 5 heteroatoms. The van der Waals surface area contributed by atoms with Crippen molar-refractivity contribution in [2.75, 3.05) is 7.11 Å². The van der Waals surface area contributed by atoms with Crippen molar-refractivity contribution in [2.45, 2.75) is 50.0 Å². The second-order valence-corrected chi connectivity index (χ2v) is 5.83. The van der Waals surface area contributed by atoms with Crippen molar-refractivity contribution in [3.63, 3.8) is 0 Å². The minimum atomic E-state index is -1.15. The monoisotopic (exact) mass is 315 g/mol. The standard InChI is InChI=1S/C18H21NO4/c1-22-16-7-6-14(18(13-19,8-10-20)9-11-21)12-17(16)23-15-4-2-3-5-15/h6-7,10-12,15H,2-5,8-9H2,1H3. The summed E-state index contributed by atoms with van der Waals surface area (Å²) < 4.78 is 11.4. The van der Waals surface area contributed by atoms with Crippen LogP contribution in [0.15, 0.2) is 18.2 Å². The van der Waals surface area contributed by atoms with Gasteiger partial charge in [0.2, 0.25) is 0 Å². The molecule has 1 fully saturated rings. The zero-order valence-electron chi connectivity index (χ0n) is 13.3. The van der Waals surface area contributed by atoms with E-state index in [1.54, 1.807) is 25.3 Å². The van der Waals surface area contributed by atoms with Gasteiger partial charge in [-0.1, -0.05) is 6.07 Å². The van der Waals surface area contributed by atoms with Crippen LogP contribution in [0.3, 0.4) is 0 Å². The summed E-state index contributed by atoms with van der Waals surface area (Å²) in [5.74, 6) is 1.15. The molecule has 1 aromatic rings. The number of carbonyl (C=O) groups excluding carboxylic acids is 2. The first kappa shape index (κ1) is 17.0. The lowest BCUT2D eigenvalue weighted by Crippen LogP contribution is -2.25. The predicted octanol–water partition coefficient (Wildman–Crippen LogP) is 2.96. The quantitative estimate of drug-likeness (QED) is 0.689. The predicted molar refractivity (Wildman–Crippen MR) is 84.5 cm³/mol.